The van der Waals surface area contributed by atoms with E-state index in [4.69, 9.17) is 9.68 Å². The molecule has 0 bridgehead atoms. The molecule has 24 heavy (non-hydrogen) atoms. The van der Waals surface area contributed by atoms with Crippen molar-refractivity contribution in [2.75, 3.05) is 5.75 Å². The first-order valence-electron chi connectivity index (χ1n) is 7.74. The summed E-state index contributed by atoms with van der Waals surface area (Å²) >= 11 is 1.65. The van der Waals surface area contributed by atoms with Crippen molar-refractivity contribution in [1.29, 1.82) is 5.26 Å². The van der Waals surface area contributed by atoms with Gasteiger partial charge in [0.25, 0.3) is 0 Å². The summed E-state index contributed by atoms with van der Waals surface area (Å²) < 4.78 is 7.52. The van der Waals surface area contributed by atoms with Gasteiger partial charge in [-0.2, -0.15) is 5.26 Å². The number of aromatic nitrogens is 4. The lowest BCUT2D eigenvalue weighted by atomic mass is 10.2. The fourth-order valence-corrected chi connectivity index (χ4v) is 3.21. The van der Waals surface area contributed by atoms with Gasteiger partial charge >= 0.3 is 0 Å². The van der Waals surface area contributed by atoms with Crippen molar-refractivity contribution in [2.45, 2.75) is 31.0 Å². The Morgan fingerprint density at radius 2 is 2.17 bits per heavy atom. The predicted molar refractivity (Wildman–Crippen MR) is 91.3 cm³/mol. The maximum atomic E-state index is 8.60. The first-order valence-corrected chi connectivity index (χ1v) is 8.73. The molecule has 7 heteroatoms. The quantitative estimate of drug-likeness (QED) is 0.459. The Bertz CT molecular complexity index is 792. The molecule has 6 nitrogen and oxygen atoms in total. The van der Waals surface area contributed by atoms with Crippen LogP contribution >= 0.6 is 11.8 Å². The molecule has 0 aliphatic carbocycles. The number of nitriles is 1. The van der Waals surface area contributed by atoms with Gasteiger partial charge in [-0.3, -0.25) is 9.55 Å². The lowest BCUT2D eigenvalue weighted by Crippen LogP contribution is -2.03. The van der Waals surface area contributed by atoms with Gasteiger partial charge in [0, 0.05) is 30.1 Å². The number of unbranched alkanes of at least 4 members (excludes halogenated alkanes) is 2. The van der Waals surface area contributed by atoms with Gasteiger partial charge in [-0.05, 0) is 37.1 Å². The highest BCUT2D eigenvalue weighted by molar-refractivity contribution is 7.99. The maximum absolute atomic E-state index is 8.60. The van der Waals surface area contributed by atoms with Crippen LogP contribution in [0.25, 0.3) is 11.4 Å². The molecule has 3 aromatic heterocycles. The average Bonchev–Trinajstić information content (AvgIpc) is 3.26. The smallest absolute Gasteiger partial charge is 0.191 e. The van der Waals surface area contributed by atoms with Gasteiger partial charge in [0.05, 0.1) is 18.9 Å². The molecule has 3 aromatic rings. The van der Waals surface area contributed by atoms with E-state index in [9.17, 15) is 0 Å². The van der Waals surface area contributed by atoms with Gasteiger partial charge in [0.15, 0.2) is 11.0 Å². The third kappa shape index (κ3) is 4.03. The Hall–Kier alpha value is -2.59. The van der Waals surface area contributed by atoms with Crippen LogP contribution in [0.1, 0.15) is 25.0 Å². The molecule has 122 valence electrons. The number of nitrogens with zero attached hydrogens (tertiary/aromatic N) is 5. The highest BCUT2D eigenvalue weighted by Gasteiger charge is 2.15. The molecule has 0 radical (unpaired) electrons. The SMILES string of the molecule is N#CCCCCSc1nnc(-c2cccnc2)n1Cc1ccco1. The lowest BCUT2D eigenvalue weighted by Gasteiger charge is -2.08. The van der Waals surface area contributed by atoms with Crippen LogP contribution in [0.15, 0.2) is 52.5 Å². The van der Waals surface area contributed by atoms with Gasteiger partial charge in [0.1, 0.15) is 5.76 Å². The molecule has 0 saturated heterocycles. The van der Waals surface area contributed by atoms with E-state index in [-0.39, 0.29) is 0 Å². The van der Waals surface area contributed by atoms with Gasteiger partial charge in [-0.25, -0.2) is 0 Å². The minimum Gasteiger partial charge on any atom is -0.467 e. The molecule has 0 spiro atoms. The largest absolute Gasteiger partial charge is 0.467 e. The summed E-state index contributed by atoms with van der Waals surface area (Å²) in [5, 5.41) is 18.1. The van der Waals surface area contributed by atoms with E-state index >= 15 is 0 Å². The monoisotopic (exact) mass is 339 g/mol. The average molecular weight is 339 g/mol. The van der Waals surface area contributed by atoms with E-state index in [1.54, 1.807) is 30.4 Å². The van der Waals surface area contributed by atoms with Crippen molar-refractivity contribution >= 4 is 11.8 Å². The number of hydrogen-bond donors (Lipinski definition) is 0. The second-order valence-electron chi connectivity index (χ2n) is 5.18. The summed E-state index contributed by atoms with van der Waals surface area (Å²) in [6.07, 6.45) is 7.67. The van der Waals surface area contributed by atoms with E-state index in [0.717, 1.165) is 40.9 Å². The molecule has 3 heterocycles. The van der Waals surface area contributed by atoms with E-state index in [0.29, 0.717) is 13.0 Å². The highest BCUT2D eigenvalue weighted by atomic mass is 32.2. The zero-order chi connectivity index (χ0) is 16.6. The maximum Gasteiger partial charge on any atom is 0.191 e. The Morgan fingerprint density at radius 1 is 1.21 bits per heavy atom. The van der Waals surface area contributed by atoms with Crippen LogP contribution in [0.3, 0.4) is 0 Å². The minimum absolute atomic E-state index is 0.574. The van der Waals surface area contributed by atoms with Crippen LogP contribution < -0.4 is 0 Å². The normalized spacial score (nSPS) is 10.6. The number of furan rings is 1. The minimum atomic E-state index is 0.574. The summed E-state index contributed by atoms with van der Waals surface area (Å²) in [5.74, 6) is 2.54. The lowest BCUT2D eigenvalue weighted by molar-refractivity contribution is 0.485. The summed E-state index contributed by atoms with van der Waals surface area (Å²) in [6, 6.07) is 9.84. The third-order valence-electron chi connectivity index (χ3n) is 3.44. The number of pyridine rings is 1. The highest BCUT2D eigenvalue weighted by Crippen LogP contribution is 2.25. The van der Waals surface area contributed by atoms with Crippen LogP contribution in [-0.4, -0.2) is 25.5 Å². The van der Waals surface area contributed by atoms with E-state index in [1.165, 1.54) is 0 Å². The molecule has 0 fully saturated rings. The first-order chi connectivity index (χ1) is 11.9. The van der Waals surface area contributed by atoms with Crippen LogP contribution in [0.5, 0.6) is 0 Å². The standard InChI is InChI=1S/C17H17N5OS/c18-8-2-1-3-11-24-17-21-20-16(14-6-4-9-19-12-14)22(17)13-15-7-5-10-23-15/h4-7,9-10,12H,1-3,11,13H2. The Balaban J connectivity index is 1.80. The zero-order valence-electron chi connectivity index (χ0n) is 13.1. The molecule has 0 amide bonds. The molecule has 0 aliphatic heterocycles. The van der Waals surface area contributed by atoms with Crippen LogP contribution in [0, 0.1) is 11.3 Å². The first kappa shape index (κ1) is 16.3. The van der Waals surface area contributed by atoms with Gasteiger partial charge in [0.2, 0.25) is 0 Å². The van der Waals surface area contributed by atoms with Crippen molar-refractivity contribution in [3.05, 3.63) is 48.7 Å². The van der Waals surface area contributed by atoms with Gasteiger partial charge < -0.3 is 4.42 Å². The second-order valence-corrected chi connectivity index (χ2v) is 6.24. The molecule has 0 atom stereocenters. The van der Waals surface area contributed by atoms with E-state index < -0.39 is 0 Å². The molecule has 0 aliphatic rings. The summed E-state index contributed by atoms with van der Waals surface area (Å²) in [5.41, 5.74) is 0.924. The van der Waals surface area contributed by atoms with Crippen LogP contribution in [-0.2, 0) is 6.54 Å². The van der Waals surface area contributed by atoms with Crippen LogP contribution in [0.2, 0.25) is 0 Å². The number of thioether (sulfide) groups is 1. The number of hydrogen-bond acceptors (Lipinski definition) is 6. The van der Waals surface area contributed by atoms with Crippen molar-refractivity contribution in [2.24, 2.45) is 0 Å². The molecule has 0 N–H and O–H groups in total. The Kier molecular flexibility index (Phi) is 5.64. The van der Waals surface area contributed by atoms with Crippen molar-refractivity contribution in [3.63, 3.8) is 0 Å². The van der Waals surface area contributed by atoms with Gasteiger partial charge in [-0.1, -0.05) is 11.8 Å². The molecule has 0 saturated carbocycles. The Labute approximate surface area is 144 Å². The van der Waals surface area contributed by atoms with Crippen molar-refractivity contribution in [1.82, 2.24) is 19.7 Å². The second kappa shape index (κ2) is 8.31. The summed E-state index contributed by atoms with van der Waals surface area (Å²) in [7, 11) is 0. The van der Waals surface area contributed by atoms with Crippen molar-refractivity contribution in [3.8, 4) is 17.5 Å². The molecular weight excluding hydrogens is 322 g/mol. The summed E-state index contributed by atoms with van der Waals surface area (Å²) in [6.45, 7) is 0.574. The zero-order valence-corrected chi connectivity index (χ0v) is 13.9. The van der Waals surface area contributed by atoms with Gasteiger partial charge in [-0.15, -0.1) is 10.2 Å². The van der Waals surface area contributed by atoms with E-state index in [1.807, 2.05) is 28.8 Å². The summed E-state index contributed by atoms with van der Waals surface area (Å²) in [4.78, 5) is 4.16. The fourth-order valence-electron chi connectivity index (χ4n) is 2.27. The molecule has 0 unspecified atom stereocenters. The van der Waals surface area contributed by atoms with E-state index in [2.05, 4.69) is 21.3 Å². The fraction of sp³-hybridized carbons (Fsp3) is 0.294. The number of rotatable bonds is 8. The molecule has 0 aromatic carbocycles. The third-order valence-corrected chi connectivity index (χ3v) is 4.50. The van der Waals surface area contributed by atoms with Crippen LogP contribution in [0.4, 0.5) is 0 Å². The Morgan fingerprint density at radius 3 is 2.92 bits per heavy atom. The van der Waals surface area contributed by atoms with Crippen molar-refractivity contribution < 1.29 is 4.42 Å². The topological polar surface area (TPSA) is 80.5 Å². The predicted octanol–water partition coefficient (Wildman–Crippen LogP) is 3.77. The molecular formula is C17H17N5OS. The molecule has 3 rings (SSSR count).